The fraction of sp³-hybridized carbons (Fsp3) is 0.353. The maximum atomic E-state index is 12.7. The van der Waals surface area contributed by atoms with E-state index in [0.29, 0.717) is 30.5 Å². The molecule has 0 radical (unpaired) electrons. The quantitative estimate of drug-likeness (QED) is 0.823. The molecule has 25 heavy (non-hydrogen) atoms. The van der Waals surface area contributed by atoms with Crippen LogP contribution in [0, 0.1) is 0 Å². The standard InChI is InChI=1S/C17H20ClN5O2/c1-22-10-15(24)23(13-5-3-12(18)4-6-13)9-14-16(19-7-8-25-2)20-11-21-17(14)22/h3-6,11H,7-10H2,1-2H3,(H,19,20,21). The van der Waals surface area contributed by atoms with Gasteiger partial charge in [0.2, 0.25) is 5.91 Å². The predicted octanol–water partition coefficient (Wildman–Crippen LogP) is 2.17. The van der Waals surface area contributed by atoms with Crippen LogP contribution in [0.1, 0.15) is 5.56 Å². The van der Waals surface area contributed by atoms with Crippen molar-refractivity contribution in [2.45, 2.75) is 6.54 Å². The van der Waals surface area contributed by atoms with Gasteiger partial charge in [0.1, 0.15) is 18.0 Å². The molecule has 2 aromatic rings. The van der Waals surface area contributed by atoms with E-state index >= 15 is 0 Å². The molecule has 8 heteroatoms. The summed E-state index contributed by atoms with van der Waals surface area (Å²) >= 11 is 5.97. The number of methoxy groups -OCH3 is 1. The molecule has 0 saturated heterocycles. The second-order valence-corrected chi connectivity index (χ2v) is 6.19. The number of benzene rings is 1. The van der Waals surface area contributed by atoms with Gasteiger partial charge in [-0.3, -0.25) is 4.79 Å². The van der Waals surface area contributed by atoms with Crippen molar-refractivity contribution in [2.24, 2.45) is 0 Å². The molecule has 1 aliphatic heterocycles. The molecule has 1 aromatic heterocycles. The number of likely N-dealkylation sites (N-methyl/N-ethyl adjacent to an activating group) is 1. The zero-order chi connectivity index (χ0) is 17.8. The van der Waals surface area contributed by atoms with Crippen LogP contribution in [-0.2, 0) is 16.1 Å². The Balaban J connectivity index is 1.96. The Hall–Kier alpha value is -2.38. The van der Waals surface area contributed by atoms with Crippen molar-refractivity contribution in [1.29, 1.82) is 0 Å². The summed E-state index contributed by atoms with van der Waals surface area (Å²) in [7, 11) is 3.50. The van der Waals surface area contributed by atoms with E-state index < -0.39 is 0 Å². The third-order valence-electron chi connectivity index (χ3n) is 4.01. The molecule has 0 saturated carbocycles. The van der Waals surface area contributed by atoms with Crippen LogP contribution in [0.5, 0.6) is 0 Å². The smallest absolute Gasteiger partial charge is 0.246 e. The largest absolute Gasteiger partial charge is 0.383 e. The number of ether oxygens (including phenoxy) is 1. The van der Waals surface area contributed by atoms with Gasteiger partial charge in [-0.05, 0) is 24.3 Å². The summed E-state index contributed by atoms with van der Waals surface area (Å²) < 4.78 is 5.08. The molecule has 0 aliphatic carbocycles. The number of fused-ring (bicyclic) bond motifs is 1. The van der Waals surface area contributed by atoms with Crippen LogP contribution in [0.25, 0.3) is 0 Å². The van der Waals surface area contributed by atoms with Crippen LogP contribution in [-0.4, -0.2) is 49.7 Å². The van der Waals surface area contributed by atoms with Crippen LogP contribution in [0.3, 0.4) is 0 Å². The molecular weight excluding hydrogens is 342 g/mol. The minimum Gasteiger partial charge on any atom is -0.383 e. The minimum atomic E-state index is -0.00864. The first kappa shape index (κ1) is 17.4. The van der Waals surface area contributed by atoms with Crippen molar-refractivity contribution in [3.8, 4) is 0 Å². The molecule has 2 heterocycles. The number of amides is 1. The normalized spacial score (nSPS) is 14.3. The number of nitrogens with zero attached hydrogens (tertiary/aromatic N) is 4. The van der Waals surface area contributed by atoms with Crippen molar-refractivity contribution in [3.05, 3.63) is 41.2 Å². The highest BCUT2D eigenvalue weighted by atomic mass is 35.5. The Morgan fingerprint density at radius 2 is 2.00 bits per heavy atom. The lowest BCUT2D eigenvalue weighted by Crippen LogP contribution is -2.35. The maximum absolute atomic E-state index is 12.7. The second kappa shape index (κ2) is 7.67. The highest BCUT2D eigenvalue weighted by Gasteiger charge is 2.27. The summed E-state index contributed by atoms with van der Waals surface area (Å²) in [4.78, 5) is 25.0. The third kappa shape index (κ3) is 3.83. The van der Waals surface area contributed by atoms with E-state index in [1.54, 1.807) is 24.1 Å². The molecule has 1 aliphatic rings. The summed E-state index contributed by atoms with van der Waals surface area (Å²) in [6, 6.07) is 7.23. The van der Waals surface area contributed by atoms with E-state index in [4.69, 9.17) is 16.3 Å². The van der Waals surface area contributed by atoms with Gasteiger partial charge in [0.15, 0.2) is 0 Å². The highest BCUT2D eigenvalue weighted by molar-refractivity contribution is 6.30. The molecule has 0 bridgehead atoms. The predicted molar refractivity (Wildman–Crippen MR) is 98.3 cm³/mol. The lowest BCUT2D eigenvalue weighted by molar-refractivity contribution is -0.117. The maximum Gasteiger partial charge on any atom is 0.246 e. The fourth-order valence-corrected chi connectivity index (χ4v) is 2.89. The number of hydrogen-bond donors (Lipinski definition) is 1. The highest BCUT2D eigenvalue weighted by Crippen LogP contribution is 2.30. The Labute approximate surface area is 151 Å². The Morgan fingerprint density at radius 3 is 2.72 bits per heavy atom. The summed E-state index contributed by atoms with van der Waals surface area (Å²) in [6.45, 7) is 1.81. The molecule has 0 fully saturated rings. The third-order valence-corrected chi connectivity index (χ3v) is 4.26. The SMILES string of the molecule is COCCNc1ncnc2c1CN(c1ccc(Cl)cc1)C(=O)CN2C. The molecule has 1 amide bonds. The van der Waals surface area contributed by atoms with Crippen molar-refractivity contribution in [1.82, 2.24) is 9.97 Å². The van der Waals surface area contributed by atoms with Crippen molar-refractivity contribution in [2.75, 3.05) is 49.0 Å². The van der Waals surface area contributed by atoms with Gasteiger partial charge >= 0.3 is 0 Å². The van der Waals surface area contributed by atoms with E-state index in [-0.39, 0.29) is 12.5 Å². The summed E-state index contributed by atoms with van der Waals surface area (Å²) in [5.41, 5.74) is 1.67. The minimum absolute atomic E-state index is 0.00864. The number of halogens is 1. The van der Waals surface area contributed by atoms with Gasteiger partial charge < -0.3 is 19.9 Å². The molecule has 1 aromatic carbocycles. The molecule has 0 unspecified atom stereocenters. The van der Waals surface area contributed by atoms with Crippen LogP contribution in [0.15, 0.2) is 30.6 Å². The lowest BCUT2D eigenvalue weighted by Gasteiger charge is -2.21. The van der Waals surface area contributed by atoms with Crippen molar-refractivity contribution >= 4 is 34.8 Å². The zero-order valence-corrected chi connectivity index (χ0v) is 15.0. The number of aromatic nitrogens is 2. The molecule has 132 valence electrons. The lowest BCUT2D eigenvalue weighted by atomic mass is 10.2. The van der Waals surface area contributed by atoms with E-state index in [1.165, 1.54) is 6.33 Å². The second-order valence-electron chi connectivity index (χ2n) is 5.76. The first-order valence-corrected chi connectivity index (χ1v) is 8.31. The van der Waals surface area contributed by atoms with Crippen LogP contribution in [0.4, 0.5) is 17.3 Å². The van der Waals surface area contributed by atoms with Crippen molar-refractivity contribution in [3.63, 3.8) is 0 Å². The van der Waals surface area contributed by atoms with E-state index in [1.807, 2.05) is 24.1 Å². The first-order valence-electron chi connectivity index (χ1n) is 7.94. The first-order chi connectivity index (χ1) is 12.1. The van der Waals surface area contributed by atoms with Crippen molar-refractivity contribution < 1.29 is 9.53 Å². The average molecular weight is 362 g/mol. The summed E-state index contributed by atoms with van der Waals surface area (Å²) in [6.07, 6.45) is 1.51. The molecule has 0 atom stereocenters. The number of rotatable bonds is 5. The summed E-state index contributed by atoms with van der Waals surface area (Å²) in [5.74, 6) is 1.45. The van der Waals surface area contributed by atoms with Gasteiger partial charge in [-0.15, -0.1) is 0 Å². The fourth-order valence-electron chi connectivity index (χ4n) is 2.77. The van der Waals surface area contributed by atoms with Gasteiger partial charge in [0, 0.05) is 31.4 Å². The van der Waals surface area contributed by atoms with E-state index in [0.717, 1.165) is 17.1 Å². The number of hydrogen-bond acceptors (Lipinski definition) is 6. The van der Waals surface area contributed by atoms with E-state index in [2.05, 4.69) is 15.3 Å². The Bertz CT molecular complexity index is 753. The van der Waals surface area contributed by atoms with Gasteiger partial charge in [-0.2, -0.15) is 0 Å². The number of nitrogens with one attached hydrogen (secondary N) is 1. The monoisotopic (exact) mass is 361 g/mol. The van der Waals surface area contributed by atoms with Gasteiger partial charge in [-0.25, -0.2) is 9.97 Å². The topological polar surface area (TPSA) is 70.6 Å². The Kier molecular flexibility index (Phi) is 5.35. The van der Waals surface area contributed by atoms with E-state index in [9.17, 15) is 4.79 Å². The number of carbonyl (C=O) groups is 1. The molecular formula is C17H20ClN5O2. The number of anilines is 3. The van der Waals surface area contributed by atoms with Gasteiger partial charge in [-0.1, -0.05) is 11.6 Å². The van der Waals surface area contributed by atoms with Gasteiger partial charge in [0.05, 0.1) is 25.3 Å². The summed E-state index contributed by atoms with van der Waals surface area (Å²) in [5, 5.41) is 3.89. The molecule has 3 rings (SSSR count). The molecule has 1 N–H and O–H groups in total. The molecule has 0 spiro atoms. The van der Waals surface area contributed by atoms with Crippen LogP contribution in [0.2, 0.25) is 5.02 Å². The molecule has 7 nitrogen and oxygen atoms in total. The zero-order valence-electron chi connectivity index (χ0n) is 14.2. The average Bonchev–Trinajstić information content (AvgIpc) is 2.73. The van der Waals surface area contributed by atoms with Crippen LogP contribution >= 0.6 is 11.6 Å². The van der Waals surface area contributed by atoms with Crippen LogP contribution < -0.4 is 15.1 Å². The Morgan fingerprint density at radius 1 is 1.24 bits per heavy atom. The van der Waals surface area contributed by atoms with Gasteiger partial charge in [0.25, 0.3) is 0 Å². The number of carbonyl (C=O) groups excluding carboxylic acids is 1.